The van der Waals surface area contributed by atoms with Crippen molar-refractivity contribution in [2.45, 2.75) is 0 Å². The van der Waals surface area contributed by atoms with Crippen LogP contribution in [0.4, 0.5) is 17.2 Å². The zero-order valence-corrected chi connectivity index (χ0v) is 8.23. The van der Waals surface area contributed by atoms with E-state index in [1.54, 1.807) is 0 Å². The zero-order chi connectivity index (χ0) is 12.6. The van der Waals surface area contributed by atoms with Crippen molar-refractivity contribution in [3.8, 4) is 0 Å². The molecule has 86 valence electrons. The average Bonchev–Trinajstić information content (AvgIpc) is 2.28. The number of non-ortho nitro benzene ring substituents is 2. The topological polar surface area (TPSA) is 138 Å². The first kappa shape index (κ1) is 10.7. The number of nitrogen functional groups attached to an aromatic ring is 1. The van der Waals surface area contributed by atoms with Crippen LogP contribution in [0, 0.1) is 20.2 Å². The molecule has 0 saturated heterocycles. The molecule has 1 heterocycles. The second kappa shape index (κ2) is 3.63. The summed E-state index contributed by atoms with van der Waals surface area (Å²) in [5.74, 6) is -0.0400. The van der Waals surface area contributed by atoms with Gasteiger partial charge in [0, 0.05) is 6.07 Å². The molecule has 1 aromatic heterocycles. The Morgan fingerprint density at radius 1 is 1.12 bits per heavy atom. The maximum Gasteiger partial charge on any atom is 0.302 e. The summed E-state index contributed by atoms with van der Waals surface area (Å²) in [7, 11) is 0. The van der Waals surface area contributed by atoms with Crippen LogP contribution in [-0.4, -0.2) is 19.8 Å². The van der Waals surface area contributed by atoms with Crippen LogP contribution in [0.3, 0.4) is 0 Å². The van der Waals surface area contributed by atoms with Gasteiger partial charge in [0.15, 0.2) is 5.52 Å². The fourth-order valence-electron chi connectivity index (χ4n) is 1.40. The molecule has 2 aromatic rings. The number of nitro groups is 2. The summed E-state index contributed by atoms with van der Waals surface area (Å²) >= 11 is 0. The van der Waals surface area contributed by atoms with Gasteiger partial charge in [-0.25, -0.2) is 9.97 Å². The number of anilines is 1. The lowest BCUT2D eigenvalue weighted by molar-refractivity contribution is -0.393. The van der Waals surface area contributed by atoms with Crippen molar-refractivity contribution >= 4 is 28.1 Å². The van der Waals surface area contributed by atoms with Gasteiger partial charge in [-0.1, -0.05) is 0 Å². The molecule has 9 heteroatoms. The van der Waals surface area contributed by atoms with Gasteiger partial charge in [0.1, 0.15) is 12.1 Å². The van der Waals surface area contributed by atoms with E-state index in [4.69, 9.17) is 5.73 Å². The van der Waals surface area contributed by atoms with Gasteiger partial charge < -0.3 is 5.73 Å². The molecule has 2 N–H and O–H groups in total. The van der Waals surface area contributed by atoms with Crippen molar-refractivity contribution in [3.63, 3.8) is 0 Å². The molecular formula is C8H5N5O4. The maximum atomic E-state index is 10.8. The monoisotopic (exact) mass is 235 g/mol. The van der Waals surface area contributed by atoms with Crippen molar-refractivity contribution in [3.05, 3.63) is 38.7 Å². The summed E-state index contributed by atoms with van der Waals surface area (Å²) in [5, 5.41) is 21.5. The van der Waals surface area contributed by atoms with E-state index < -0.39 is 21.2 Å². The van der Waals surface area contributed by atoms with Crippen LogP contribution in [0.15, 0.2) is 18.5 Å². The highest BCUT2D eigenvalue weighted by Crippen LogP contribution is 2.31. The SMILES string of the molecule is Nc1ncnc2c([N+](=O)[O-])cc([N+](=O)[O-])cc12. The first-order chi connectivity index (χ1) is 8.00. The molecule has 0 spiro atoms. The average molecular weight is 235 g/mol. The van der Waals surface area contributed by atoms with E-state index in [1.165, 1.54) is 0 Å². The largest absolute Gasteiger partial charge is 0.383 e. The fraction of sp³-hybridized carbons (Fsp3) is 0. The molecular weight excluding hydrogens is 230 g/mol. The Balaban J connectivity index is 2.91. The second-order valence-electron chi connectivity index (χ2n) is 3.13. The summed E-state index contributed by atoms with van der Waals surface area (Å²) in [6, 6.07) is 1.95. The molecule has 0 amide bonds. The summed E-state index contributed by atoms with van der Waals surface area (Å²) in [4.78, 5) is 27.3. The van der Waals surface area contributed by atoms with Gasteiger partial charge in [-0.05, 0) is 0 Å². The van der Waals surface area contributed by atoms with E-state index in [0.29, 0.717) is 0 Å². The predicted octanol–water partition coefficient (Wildman–Crippen LogP) is 1.03. The molecule has 17 heavy (non-hydrogen) atoms. The third-order valence-corrected chi connectivity index (χ3v) is 2.14. The third kappa shape index (κ3) is 1.69. The normalized spacial score (nSPS) is 10.4. The lowest BCUT2D eigenvalue weighted by atomic mass is 10.2. The molecule has 0 fully saturated rings. The van der Waals surface area contributed by atoms with Crippen LogP contribution in [0.2, 0.25) is 0 Å². The molecule has 0 aliphatic carbocycles. The van der Waals surface area contributed by atoms with Crippen molar-refractivity contribution in [2.75, 3.05) is 5.73 Å². The van der Waals surface area contributed by atoms with Gasteiger partial charge in [0.05, 0.1) is 21.3 Å². The van der Waals surface area contributed by atoms with Crippen molar-refractivity contribution in [1.82, 2.24) is 9.97 Å². The summed E-state index contributed by atoms with van der Waals surface area (Å²) in [5.41, 5.74) is 4.58. The van der Waals surface area contributed by atoms with Gasteiger partial charge in [0.25, 0.3) is 5.69 Å². The predicted molar refractivity (Wildman–Crippen MR) is 57.3 cm³/mol. The zero-order valence-electron chi connectivity index (χ0n) is 8.23. The number of nitro benzene ring substituents is 2. The maximum absolute atomic E-state index is 10.8. The molecule has 9 nitrogen and oxygen atoms in total. The number of aromatic nitrogens is 2. The van der Waals surface area contributed by atoms with Gasteiger partial charge in [-0.2, -0.15) is 0 Å². The minimum Gasteiger partial charge on any atom is -0.383 e. The van der Waals surface area contributed by atoms with E-state index >= 15 is 0 Å². The van der Waals surface area contributed by atoms with Crippen LogP contribution >= 0.6 is 0 Å². The molecule has 2 rings (SSSR count). The van der Waals surface area contributed by atoms with Gasteiger partial charge >= 0.3 is 5.69 Å². The van der Waals surface area contributed by atoms with Crippen LogP contribution in [0.1, 0.15) is 0 Å². The van der Waals surface area contributed by atoms with E-state index in [2.05, 4.69) is 9.97 Å². The summed E-state index contributed by atoms with van der Waals surface area (Å²) < 4.78 is 0. The Bertz CT molecular complexity index is 641. The molecule has 1 aromatic carbocycles. The van der Waals surface area contributed by atoms with Gasteiger partial charge in [0.2, 0.25) is 0 Å². The second-order valence-corrected chi connectivity index (χ2v) is 3.13. The third-order valence-electron chi connectivity index (χ3n) is 2.14. The van der Waals surface area contributed by atoms with Crippen molar-refractivity contribution in [2.24, 2.45) is 0 Å². The smallest absolute Gasteiger partial charge is 0.302 e. The van der Waals surface area contributed by atoms with E-state index in [-0.39, 0.29) is 16.7 Å². The number of hydrogen-bond acceptors (Lipinski definition) is 7. The molecule has 0 atom stereocenters. The van der Waals surface area contributed by atoms with Crippen LogP contribution in [0.25, 0.3) is 10.9 Å². The Hall–Kier alpha value is -2.84. The number of benzene rings is 1. The fourth-order valence-corrected chi connectivity index (χ4v) is 1.40. The molecule has 0 bridgehead atoms. The lowest BCUT2D eigenvalue weighted by Gasteiger charge is -2.01. The lowest BCUT2D eigenvalue weighted by Crippen LogP contribution is -1.99. The quantitative estimate of drug-likeness (QED) is 0.605. The van der Waals surface area contributed by atoms with E-state index in [0.717, 1.165) is 18.5 Å². The number of hydrogen-bond donors (Lipinski definition) is 1. The van der Waals surface area contributed by atoms with E-state index in [1.807, 2.05) is 0 Å². The Morgan fingerprint density at radius 2 is 1.82 bits per heavy atom. The Morgan fingerprint density at radius 3 is 2.41 bits per heavy atom. The summed E-state index contributed by atoms with van der Waals surface area (Å²) in [6.45, 7) is 0. The molecule has 0 radical (unpaired) electrons. The van der Waals surface area contributed by atoms with Gasteiger partial charge in [-0.3, -0.25) is 20.2 Å². The first-order valence-corrected chi connectivity index (χ1v) is 4.33. The first-order valence-electron chi connectivity index (χ1n) is 4.33. The Labute approximate surface area is 93.2 Å². The van der Waals surface area contributed by atoms with Gasteiger partial charge in [-0.15, -0.1) is 0 Å². The molecule has 0 aliphatic rings. The molecule has 0 aliphatic heterocycles. The number of nitrogens with two attached hydrogens (primary N) is 1. The Kier molecular flexibility index (Phi) is 2.28. The minimum atomic E-state index is -0.748. The van der Waals surface area contributed by atoms with E-state index in [9.17, 15) is 20.2 Å². The van der Waals surface area contributed by atoms with Crippen LogP contribution in [0.5, 0.6) is 0 Å². The molecule has 0 saturated carbocycles. The number of nitrogens with zero attached hydrogens (tertiary/aromatic N) is 4. The highest BCUT2D eigenvalue weighted by molar-refractivity contribution is 5.95. The highest BCUT2D eigenvalue weighted by Gasteiger charge is 2.21. The number of fused-ring (bicyclic) bond motifs is 1. The summed E-state index contributed by atoms with van der Waals surface area (Å²) in [6.07, 6.45) is 1.07. The highest BCUT2D eigenvalue weighted by atomic mass is 16.6. The van der Waals surface area contributed by atoms with Crippen molar-refractivity contribution in [1.29, 1.82) is 0 Å². The van der Waals surface area contributed by atoms with Crippen molar-refractivity contribution < 1.29 is 9.85 Å². The molecule has 0 unspecified atom stereocenters. The standard InChI is InChI=1S/C8H5N5O4/c9-8-5-1-4(12(14)15)2-6(13(16)17)7(5)10-3-11-8/h1-3H,(H2,9,10,11). The van der Waals surface area contributed by atoms with Crippen LogP contribution < -0.4 is 5.73 Å². The van der Waals surface area contributed by atoms with Crippen LogP contribution in [-0.2, 0) is 0 Å². The minimum absolute atomic E-state index is 0.0203. The number of rotatable bonds is 2.